The molecular weight excluding hydrogens is 239 g/mol. The third kappa shape index (κ3) is 2.68. The van der Waals surface area contributed by atoms with Crippen LogP contribution in [0.15, 0.2) is 6.20 Å². The van der Waals surface area contributed by atoms with Gasteiger partial charge in [0.1, 0.15) is 0 Å². The minimum atomic E-state index is -0.869. The standard InChI is InChI=1S/C11H17FN4O2/c1-2-3-13-11-14-4-7(12)10(15-11)16-5-8(17)9(18)6-16/h4,8-9,17-18H,2-3,5-6H2,1H3,(H,13,14,15). The number of rotatable bonds is 4. The number of aromatic nitrogens is 2. The van der Waals surface area contributed by atoms with Gasteiger partial charge in [0.05, 0.1) is 18.4 Å². The molecule has 0 bridgehead atoms. The average Bonchev–Trinajstić information content (AvgIpc) is 2.68. The molecule has 2 heterocycles. The van der Waals surface area contributed by atoms with Crippen LogP contribution in [0.4, 0.5) is 16.2 Å². The van der Waals surface area contributed by atoms with Crippen LogP contribution >= 0.6 is 0 Å². The third-order valence-corrected chi connectivity index (χ3v) is 2.82. The molecule has 1 aromatic heterocycles. The number of halogens is 1. The molecule has 2 unspecified atom stereocenters. The maximum absolute atomic E-state index is 13.6. The lowest BCUT2D eigenvalue weighted by Gasteiger charge is -2.17. The number of nitrogens with zero attached hydrogens (tertiary/aromatic N) is 3. The summed E-state index contributed by atoms with van der Waals surface area (Å²) in [5, 5.41) is 21.9. The van der Waals surface area contributed by atoms with Crippen LogP contribution in [-0.4, -0.2) is 52.0 Å². The van der Waals surface area contributed by atoms with E-state index in [9.17, 15) is 14.6 Å². The average molecular weight is 256 g/mol. The molecule has 2 atom stereocenters. The van der Waals surface area contributed by atoms with E-state index in [0.717, 1.165) is 12.6 Å². The van der Waals surface area contributed by atoms with Gasteiger partial charge in [-0.25, -0.2) is 9.37 Å². The fourth-order valence-electron chi connectivity index (χ4n) is 1.84. The van der Waals surface area contributed by atoms with Crippen molar-refractivity contribution in [3.8, 4) is 0 Å². The highest BCUT2D eigenvalue weighted by Crippen LogP contribution is 2.22. The van der Waals surface area contributed by atoms with E-state index >= 15 is 0 Å². The van der Waals surface area contributed by atoms with Crippen LogP contribution in [0.5, 0.6) is 0 Å². The second kappa shape index (κ2) is 5.45. The highest BCUT2D eigenvalue weighted by atomic mass is 19.1. The molecule has 6 nitrogen and oxygen atoms in total. The Morgan fingerprint density at radius 2 is 2.11 bits per heavy atom. The Hall–Kier alpha value is -1.47. The Morgan fingerprint density at radius 3 is 2.72 bits per heavy atom. The molecule has 1 saturated heterocycles. The van der Waals surface area contributed by atoms with Crippen LogP contribution in [0.1, 0.15) is 13.3 Å². The summed E-state index contributed by atoms with van der Waals surface area (Å²) in [5.74, 6) is -0.0957. The molecule has 1 fully saturated rings. The Labute approximate surface area is 104 Å². The summed E-state index contributed by atoms with van der Waals surface area (Å²) >= 11 is 0. The molecule has 0 amide bonds. The number of anilines is 2. The van der Waals surface area contributed by atoms with Gasteiger partial charge in [0.25, 0.3) is 0 Å². The first-order chi connectivity index (χ1) is 8.61. The maximum Gasteiger partial charge on any atom is 0.224 e. The van der Waals surface area contributed by atoms with Gasteiger partial charge in [0, 0.05) is 19.6 Å². The number of nitrogens with one attached hydrogen (secondary N) is 1. The monoisotopic (exact) mass is 256 g/mol. The van der Waals surface area contributed by atoms with Crippen LogP contribution < -0.4 is 10.2 Å². The van der Waals surface area contributed by atoms with Crippen molar-refractivity contribution in [2.24, 2.45) is 0 Å². The van der Waals surface area contributed by atoms with Crippen molar-refractivity contribution in [3.63, 3.8) is 0 Å². The first-order valence-corrected chi connectivity index (χ1v) is 5.99. The quantitative estimate of drug-likeness (QED) is 0.702. The summed E-state index contributed by atoms with van der Waals surface area (Å²) in [6.45, 7) is 3.05. The van der Waals surface area contributed by atoms with Crippen molar-refractivity contribution < 1.29 is 14.6 Å². The van der Waals surface area contributed by atoms with Crippen molar-refractivity contribution in [1.82, 2.24) is 9.97 Å². The van der Waals surface area contributed by atoms with E-state index in [0.29, 0.717) is 12.5 Å². The zero-order valence-corrected chi connectivity index (χ0v) is 10.2. The number of aliphatic hydroxyl groups excluding tert-OH is 2. The Morgan fingerprint density at radius 1 is 1.44 bits per heavy atom. The minimum absolute atomic E-state index is 0.110. The highest BCUT2D eigenvalue weighted by Gasteiger charge is 2.32. The molecule has 1 aliphatic heterocycles. The lowest BCUT2D eigenvalue weighted by molar-refractivity contribution is 0.0572. The van der Waals surface area contributed by atoms with Gasteiger partial charge in [-0.1, -0.05) is 6.92 Å². The fraction of sp³-hybridized carbons (Fsp3) is 0.636. The topological polar surface area (TPSA) is 81.5 Å². The van der Waals surface area contributed by atoms with Gasteiger partial charge in [-0.05, 0) is 6.42 Å². The molecule has 0 spiro atoms. The molecule has 1 aromatic rings. The smallest absolute Gasteiger partial charge is 0.224 e. The van der Waals surface area contributed by atoms with Crippen molar-refractivity contribution in [2.75, 3.05) is 29.9 Å². The van der Waals surface area contributed by atoms with E-state index in [-0.39, 0.29) is 18.9 Å². The summed E-state index contributed by atoms with van der Waals surface area (Å²) in [4.78, 5) is 9.42. The molecule has 7 heteroatoms. The van der Waals surface area contributed by atoms with Crippen LogP contribution in [0.25, 0.3) is 0 Å². The van der Waals surface area contributed by atoms with E-state index < -0.39 is 18.0 Å². The summed E-state index contributed by atoms with van der Waals surface area (Å²) < 4.78 is 13.6. The lowest BCUT2D eigenvalue weighted by Crippen LogP contribution is -2.24. The first-order valence-electron chi connectivity index (χ1n) is 5.99. The largest absolute Gasteiger partial charge is 0.389 e. The van der Waals surface area contributed by atoms with Gasteiger partial charge < -0.3 is 20.4 Å². The van der Waals surface area contributed by atoms with Gasteiger partial charge in [0.15, 0.2) is 11.6 Å². The van der Waals surface area contributed by atoms with Crippen LogP contribution in [0.3, 0.4) is 0 Å². The van der Waals surface area contributed by atoms with Gasteiger partial charge in [-0.15, -0.1) is 0 Å². The van der Waals surface area contributed by atoms with Crippen LogP contribution in [0.2, 0.25) is 0 Å². The maximum atomic E-state index is 13.6. The SMILES string of the molecule is CCCNc1ncc(F)c(N2CC(O)C(O)C2)n1. The normalized spacial score (nSPS) is 23.4. The summed E-state index contributed by atoms with van der Waals surface area (Å²) in [6, 6.07) is 0. The third-order valence-electron chi connectivity index (χ3n) is 2.82. The number of hydrogen-bond donors (Lipinski definition) is 3. The van der Waals surface area contributed by atoms with Crippen LogP contribution in [-0.2, 0) is 0 Å². The number of aliphatic hydroxyl groups is 2. The Kier molecular flexibility index (Phi) is 3.93. The lowest BCUT2D eigenvalue weighted by atomic mass is 10.3. The molecule has 100 valence electrons. The number of hydrogen-bond acceptors (Lipinski definition) is 6. The van der Waals surface area contributed by atoms with E-state index in [4.69, 9.17) is 0 Å². The molecule has 0 aliphatic carbocycles. The van der Waals surface area contributed by atoms with Crippen molar-refractivity contribution in [2.45, 2.75) is 25.6 Å². The van der Waals surface area contributed by atoms with Crippen LogP contribution in [0, 0.1) is 5.82 Å². The molecule has 3 N–H and O–H groups in total. The predicted octanol–water partition coefficient (Wildman–Crippen LogP) is -0.0206. The highest BCUT2D eigenvalue weighted by molar-refractivity contribution is 5.45. The zero-order chi connectivity index (χ0) is 13.1. The van der Waals surface area contributed by atoms with Gasteiger partial charge in [0.2, 0.25) is 5.95 Å². The van der Waals surface area contributed by atoms with Crippen molar-refractivity contribution in [3.05, 3.63) is 12.0 Å². The molecule has 0 saturated carbocycles. The van der Waals surface area contributed by atoms with Gasteiger partial charge in [-0.2, -0.15) is 4.98 Å². The summed E-state index contributed by atoms with van der Waals surface area (Å²) in [7, 11) is 0. The second-order valence-electron chi connectivity index (χ2n) is 4.33. The summed E-state index contributed by atoms with van der Waals surface area (Å²) in [5.41, 5.74) is 0. The van der Waals surface area contributed by atoms with Gasteiger partial charge >= 0.3 is 0 Å². The molecule has 1 aliphatic rings. The van der Waals surface area contributed by atoms with Crippen molar-refractivity contribution in [1.29, 1.82) is 0 Å². The molecule has 0 radical (unpaired) electrons. The molecule has 2 rings (SSSR count). The van der Waals surface area contributed by atoms with E-state index in [2.05, 4.69) is 15.3 Å². The Bertz CT molecular complexity index is 408. The van der Waals surface area contributed by atoms with E-state index in [1.807, 2.05) is 6.92 Å². The van der Waals surface area contributed by atoms with E-state index in [1.165, 1.54) is 4.90 Å². The Balaban J connectivity index is 2.16. The zero-order valence-electron chi connectivity index (χ0n) is 10.2. The predicted molar refractivity (Wildman–Crippen MR) is 65.0 cm³/mol. The molecule has 18 heavy (non-hydrogen) atoms. The summed E-state index contributed by atoms with van der Waals surface area (Å²) in [6.07, 6.45) is 0.270. The second-order valence-corrected chi connectivity index (χ2v) is 4.33. The van der Waals surface area contributed by atoms with Crippen molar-refractivity contribution >= 4 is 11.8 Å². The van der Waals surface area contributed by atoms with Gasteiger partial charge in [-0.3, -0.25) is 0 Å². The molecule has 0 aromatic carbocycles. The first kappa shape index (κ1) is 13.0. The minimum Gasteiger partial charge on any atom is -0.389 e. The fourth-order valence-corrected chi connectivity index (χ4v) is 1.84. The van der Waals surface area contributed by atoms with E-state index in [1.54, 1.807) is 0 Å². The molecular formula is C11H17FN4O2. The number of β-amino-alcohol motifs (C(OH)–C–C–N with tert-alkyl or cyclic N) is 2.